The Morgan fingerprint density at radius 1 is 1.47 bits per heavy atom. The highest BCUT2D eigenvalue weighted by Gasteiger charge is 2.02. The van der Waals surface area contributed by atoms with Crippen LogP contribution in [-0.2, 0) is 11.3 Å². The second kappa shape index (κ2) is 6.85. The summed E-state index contributed by atoms with van der Waals surface area (Å²) in [6.07, 6.45) is 2.22. The van der Waals surface area contributed by atoms with Crippen LogP contribution in [0, 0.1) is 6.92 Å². The minimum absolute atomic E-state index is 0.0638. The number of carbonyl (C=O) groups is 2. The molecular formula is C10H15N3O3S. The average Bonchev–Trinajstić information content (AvgIpc) is 2.67. The Kier molecular flexibility index (Phi) is 5.41. The Hall–Kier alpha value is -1.63. The van der Waals surface area contributed by atoms with E-state index < -0.39 is 5.97 Å². The van der Waals surface area contributed by atoms with Crippen molar-refractivity contribution in [3.8, 4) is 0 Å². The smallest absolute Gasteiger partial charge is 0.315 e. The van der Waals surface area contributed by atoms with E-state index in [4.69, 9.17) is 5.11 Å². The van der Waals surface area contributed by atoms with Gasteiger partial charge in [-0.1, -0.05) is 0 Å². The molecule has 1 heterocycles. The molecule has 0 saturated heterocycles. The normalized spacial score (nSPS) is 9.94. The summed E-state index contributed by atoms with van der Waals surface area (Å²) in [5.41, 5.74) is 0. The molecule has 0 unspecified atom stereocenters. The number of rotatable bonds is 6. The van der Waals surface area contributed by atoms with Crippen molar-refractivity contribution in [3.05, 3.63) is 16.1 Å². The van der Waals surface area contributed by atoms with E-state index in [1.807, 2.05) is 6.92 Å². The Labute approximate surface area is 103 Å². The molecule has 0 atom stereocenters. The van der Waals surface area contributed by atoms with Gasteiger partial charge in [-0.15, -0.1) is 11.3 Å². The number of thiazole rings is 1. The van der Waals surface area contributed by atoms with Gasteiger partial charge in [-0.3, -0.25) is 4.79 Å². The summed E-state index contributed by atoms with van der Waals surface area (Å²) < 4.78 is 0. The highest BCUT2D eigenvalue weighted by Crippen LogP contribution is 2.10. The SMILES string of the molecule is Cc1ncc(CNC(=O)NCCCC(=O)O)s1. The third-order valence-electron chi connectivity index (χ3n) is 1.95. The number of urea groups is 1. The summed E-state index contributed by atoms with van der Waals surface area (Å²) in [4.78, 5) is 26.6. The van der Waals surface area contributed by atoms with E-state index in [1.54, 1.807) is 6.20 Å². The molecule has 0 aliphatic rings. The lowest BCUT2D eigenvalue weighted by atomic mass is 10.3. The van der Waals surface area contributed by atoms with Gasteiger partial charge in [-0.05, 0) is 13.3 Å². The van der Waals surface area contributed by atoms with Crippen molar-refractivity contribution in [1.29, 1.82) is 0 Å². The standard InChI is InChI=1S/C10H15N3O3S/c1-7-12-5-8(17-7)6-13-10(16)11-4-2-3-9(14)15/h5H,2-4,6H2,1H3,(H,14,15)(H2,11,13,16). The Morgan fingerprint density at radius 2 is 2.24 bits per heavy atom. The fourth-order valence-corrected chi connectivity index (χ4v) is 1.89. The molecule has 1 aromatic heterocycles. The topological polar surface area (TPSA) is 91.3 Å². The maximum absolute atomic E-state index is 11.3. The predicted molar refractivity (Wildman–Crippen MR) is 64.0 cm³/mol. The lowest BCUT2D eigenvalue weighted by Gasteiger charge is -2.05. The number of carboxylic acids is 1. The summed E-state index contributed by atoms with van der Waals surface area (Å²) in [5.74, 6) is -0.854. The zero-order chi connectivity index (χ0) is 12.7. The van der Waals surface area contributed by atoms with Crippen molar-refractivity contribution >= 4 is 23.3 Å². The van der Waals surface area contributed by atoms with Crippen molar-refractivity contribution in [1.82, 2.24) is 15.6 Å². The second-order valence-electron chi connectivity index (χ2n) is 3.45. The molecule has 0 aliphatic carbocycles. The molecule has 0 saturated carbocycles. The van der Waals surface area contributed by atoms with Crippen LogP contribution in [0.1, 0.15) is 22.7 Å². The fourth-order valence-electron chi connectivity index (χ4n) is 1.16. The predicted octanol–water partition coefficient (Wildman–Crippen LogP) is 1.12. The molecule has 0 fully saturated rings. The maximum atomic E-state index is 11.3. The summed E-state index contributed by atoms with van der Waals surface area (Å²) in [7, 11) is 0. The van der Waals surface area contributed by atoms with Gasteiger partial charge >= 0.3 is 12.0 Å². The molecular weight excluding hydrogens is 242 g/mol. The van der Waals surface area contributed by atoms with Crippen LogP contribution in [0.15, 0.2) is 6.20 Å². The van der Waals surface area contributed by atoms with E-state index >= 15 is 0 Å². The van der Waals surface area contributed by atoms with Crippen LogP contribution in [0.5, 0.6) is 0 Å². The van der Waals surface area contributed by atoms with E-state index in [2.05, 4.69) is 15.6 Å². The van der Waals surface area contributed by atoms with Crippen molar-refractivity contribution in [2.45, 2.75) is 26.3 Å². The van der Waals surface area contributed by atoms with Gasteiger partial charge < -0.3 is 15.7 Å². The lowest BCUT2D eigenvalue weighted by molar-refractivity contribution is -0.137. The fraction of sp³-hybridized carbons (Fsp3) is 0.500. The van der Waals surface area contributed by atoms with Gasteiger partial charge in [0.2, 0.25) is 0 Å². The molecule has 1 aromatic rings. The van der Waals surface area contributed by atoms with Crippen LogP contribution in [0.2, 0.25) is 0 Å². The first-order valence-electron chi connectivity index (χ1n) is 5.22. The summed E-state index contributed by atoms with van der Waals surface area (Å²) in [6, 6.07) is -0.290. The number of nitrogens with zero attached hydrogens (tertiary/aromatic N) is 1. The molecule has 0 radical (unpaired) electrons. The van der Waals surface area contributed by atoms with Crippen molar-refractivity contribution < 1.29 is 14.7 Å². The first kappa shape index (κ1) is 13.4. The molecule has 0 aliphatic heterocycles. The van der Waals surface area contributed by atoms with Gasteiger partial charge in [0.25, 0.3) is 0 Å². The first-order chi connectivity index (χ1) is 8.08. The molecule has 0 aromatic carbocycles. The largest absolute Gasteiger partial charge is 0.481 e. The minimum atomic E-state index is -0.854. The average molecular weight is 257 g/mol. The van der Waals surface area contributed by atoms with E-state index in [1.165, 1.54) is 11.3 Å². The highest BCUT2D eigenvalue weighted by atomic mass is 32.1. The molecule has 2 amide bonds. The highest BCUT2D eigenvalue weighted by molar-refractivity contribution is 7.11. The Bertz CT molecular complexity index is 392. The number of hydrogen-bond acceptors (Lipinski definition) is 4. The lowest BCUT2D eigenvalue weighted by Crippen LogP contribution is -2.35. The zero-order valence-electron chi connectivity index (χ0n) is 9.52. The van der Waals surface area contributed by atoms with Crippen LogP contribution in [0.25, 0.3) is 0 Å². The number of aromatic nitrogens is 1. The van der Waals surface area contributed by atoms with Gasteiger partial charge in [0, 0.05) is 24.0 Å². The molecule has 7 heteroatoms. The number of aryl methyl sites for hydroxylation is 1. The summed E-state index contributed by atoms with van der Waals surface area (Å²) >= 11 is 1.53. The molecule has 17 heavy (non-hydrogen) atoms. The van der Waals surface area contributed by atoms with E-state index in [0.29, 0.717) is 19.5 Å². The van der Waals surface area contributed by atoms with Gasteiger partial charge in [0.05, 0.1) is 11.6 Å². The van der Waals surface area contributed by atoms with Gasteiger partial charge in [0.1, 0.15) is 0 Å². The summed E-state index contributed by atoms with van der Waals surface area (Å²) in [6.45, 7) is 2.70. The number of aliphatic carboxylic acids is 1. The molecule has 3 N–H and O–H groups in total. The number of nitrogens with one attached hydrogen (secondary N) is 2. The molecule has 6 nitrogen and oxygen atoms in total. The second-order valence-corrected chi connectivity index (χ2v) is 4.77. The van der Waals surface area contributed by atoms with E-state index in [0.717, 1.165) is 9.88 Å². The van der Waals surface area contributed by atoms with Gasteiger partial charge in [-0.2, -0.15) is 0 Å². The third-order valence-corrected chi connectivity index (χ3v) is 2.86. The molecule has 0 bridgehead atoms. The molecule has 94 valence electrons. The summed E-state index contributed by atoms with van der Waals surface area (Å²) in [5, 5.41) is 14.6. The van der Waals surface area contributed by atoms with Crippen molar-refractivity contribution in [3.63, 3.8) is 0 Å². The van der Waals surface area contributed by atoms with E-state index in [9.17, 15) is 9.59 Å². The number of carbonyl (C=O) groups excluding carboxylic acids is 1. The zero-order valence-corrected chi connectivity index (χ0v) is 10.3. The van der Waals surface area contributed by atoms with Crippen LogP contribution in [0.3, 0.4) is 0 Å². The quantitative estimate of drug-likeness (QED) is 0.666. The third kappa shape index (κ3) is 5.86. The van der Waals surface area contributed by atoms with Crippen LogP contribution < -0.4 is 10.6 Å². The van der Waals surface area contributed by atoms with Crippen molar-refractivity contribution in [2.75, 3.05) is 6.54 Å². The van der Waals surface area contributed by atoms with Crippen LogP contribution in [-0.4, -0.2) is 28.6 Å². The first-order valence-corrected chi connectivity index (χ1v) is 6.04. The van der Waals surface area contributed by atoms with Crippen molar-refractivity contribution in [2.24, 2.45) is 0 Å². The monoisotopic (exact) mass is 257 g/mol. The number of carboxylic acid groups (broad SMARTS) is 1. The van der Waals surface area contributed by atoms with Gasteiger partial charge in [0.15, 0.2) is 0 Å². The Morgan fingerprint density at radius 3 is 2.82 bits per heavy atom. The number of amides is 2. The maximum Gasteiger partial charge on any atom is 0.315 e. The number of hydrogen-bond donors (Lipinski definition) is 3. The van der Waals surface area contributed by atoms with Crippen LogP contribution >= 0.6 is 11.3 Å². The van der Waals surface area contributed by atoms with E-state index in [-0.39, 0.29) is 12.5 Å². The molecule has 0 spiro atoms. The minimum Gasteiger partial charge on any atom is -0.481 e. The van der Waals surface area contributed by atoms with Crippen LogP contribution in [0.4, 0.5) is 4.79 Å². The van der Waals surface area contributed by atoms with Gasteiger partial charge in [-0.25, -0.2) is 9.78 Å². The Balaban J connectivity index is 2.11. The molecule has 1 rings (SSSR count).